The molecule has 1 unspecified atom stereocenters. The highest BCUT2D eigenvalue weighted by molar-refractivity contribution is 7.21. The minimum absolute atomic E-state index is 0.245. The van der Waals surface area contributed by atoms with Crippen molar-refractivity contribution in [3.63, 3.8) is 0 Å². The maximum atomic E-state index is 12.6. The average molecular weight is 375 g/mol. The van der Waals surface area contributed by atoms with Crippen LogP contribution in [-0.2, 0) is 13.0 Å². The van der Waals surface area contributed by atoms with E-state index in [0.717, 1.165) is 35.4 Å². The van der Waals surface area contributed by atoms with Gasteiger partial charge in [0.05, 0.1) is 30.7 Å². The summed E-state index contributed by atoms with van der Waals surface area (Å²) in [5, 5.41) is 3.86. The Bertz CT molecular complexity index is 987. The molecule has 0 spiro atoms. The number of rotatable bonds is 2. The number of nitrogens with zero attached hydrogens (tertiary/aromatic N) is 2. The number of pyridine rings is 2. The van der Waals surface area contributed by atoms with Crippen molar-refractivity contribution in [2.45, 2.75) is 13.0 Å². The van der Waals surface area contributed by atoms with Crippen LogP contribution in [0.4, 0.5) is 11.4 Å². The van der Waals surface area contributed by atoms with Crippen molar-refractivity contribution in [3.8, 4) is 0 Å². The number of nitrogens with one attached hydrogen (secondary N) is 2. The normalized spacial score (nSPS) is 16.6. The second-order valence-corrected chi connectivity index (χ2v) is 7.58. The number of hydrogen-bond acceptors (Lipinski definition) is 5. The minimum Gasteiger partial charge on any atom is -0.397 e. The fourth-order valence-electron chi connectivity index (χ4n) is 3.06. The minimum atomic E-state index is -0.295. The lowest BCUT2D eigenvalue weighted by Crippen LogP contribution is -3.08. The highest BCUT2D eigenvalue weighted by Gasteiger charge is 2.23. The molecule has 0 aliphatic carbocycles. The lowest BCUT2D eigenvalue weighted by Gasteiger charge is -2.21. The molecule has 4 N–H and O–H groups in total. The molecule has 8 heteroatoms. The van der Waals surface area contributed by atoms with Crippen LogP contribution in [0.2, 0.25) is 5.15 Å². The van der Waals surface area contributed by atoms with E-state index in [1.807, 2.05) is 0 Å². The van der Waals surface area contributed by atoms with Gasteiger partial charge in [-0.05, 0) is 18.2 Å². The SMILES string of the molecule is C[NH+]1CCc2nc3sc(C(=O)Nc4cccnc4Cl)c(N)c3cc2C1. The summed E-state index contributed by atoms with van der Waals surface area (Å²) in [5.41, 5.74) is 9.51. The van der Waals surface area contributed by atoms with Crippen LogP contribution < -0.4 is 16.0 Å². The second kappa shape index (κ2) is 6.25. The van der Waals surface area contributed by atoms with Gasteiger partial charge in [0, 0.05) is 23.6 Å². The standard InChI is InChI=1S/C17H16ClN5OS/c1-23-6-4-11-9(8-23)7-10-13(19)14(25-17(10)22-11)16(24)21-12-3-2-5-20-15(12)18/h2-3,5,7H,4,6,8,19H2,1H3,(H,21,24)/p+1. The van der Waals surface area contributed by atoms with E-state index in [0.29, 0.717) is 16.3 Å². The molecular weight excluding hydrogens is 358 g/mol. The number of likely N-dealkylation sites (N-methyl/N-ethyl adjacent to an activating group) is 1. The number of carbonyl (C=O) groups excluding carboxylic acids is 1. The molecule has 4 heterocycles. The van der Waals surface area contributed by atoms with E-state index in [9.17, 15) is 4.79 Å². The predicted octanol–water partition coefficient (Wildman–Crippen LogP) is 1.75. The van der Waals surface area contributed by atoms with Gasteiger partial charge in [0.25, 0.3) is 5.91 Å². The first-order chi connectivity index (χ1) is 12.0. The van der Waals surface area contributed by atoms with E-state index in [4.69, 9.17) is 22.3 Å². The van der Waals surface area contributed by atoms with Crippen LogP contribution in [0.15, 0.2) is 24.4 Å². The number of thiophene rings is 1. The summed E-state index contributed by atoms with van der Waals surface area (Å²) in [6, 6.07) is 5.50. The van der Waals surface area contributed by atoms with Crippen LogP contribution >= 0.6 is 22.9 Å². The van der Waals surface area contributed by atoms with Crippen molar-refractivity contribution >= 4 is 50.4 Å². The molecule has 0 radical (unpaired) electrons. The van der Waals surface area contributed by atoms with Gasteiger partial charge < -0.3 is 16.0 Å². The Morgan fingerprint density at radius 2 is 2.32 bits per heavy atom. The number of nitrogens with two attached hydrogens (primary N) is 1. The fraction of sp³-hybridized carbons (Fsp3) is 0.235. The van der Waals surface area contributed by atoms with Gasteiger partial charge in [0.15, 0.2) is 5.15 Å². The van der Waals surface area contributed by atoms with E-state index < -0.39 is 0 Å². The Labute approximate surface area is 153 Å². The van der Waals surface area contributed by atoms with Crippen LogP contribution in [0.25, 0.3) is 10.2 Å². The summed E-state index contributed by atoms with van der Waals surface area (Å²) < 4.78 is 0. The Hall–Kier alpha value is -2.22. The van der Waals surface area contributed by atoms with Gasteiger partial charge in [0.2, 0.25) is 0 Å². The van der Waals surface area contributed by atoms with Gasteiger partial charge in [-0.2, -0.15) is 0 Å². The summed E-state index contributed by atoms with van der Waals surface area (Å²) in [6.07, 6.45) is 2.51. The number of aromatic nitrogens is 2. The van der Waals surface area contributed by atoms with Gasteiger partial charge in [-0.25, -0.2) is 9.97 Å². The summed E-state index contributed by atoms with van der Waals surface area (Å²) in [4.78, 5) is 24.0. The van der Waals surface area contributed by atoms with Gasteiger partial charge in [-0.15, -0.1) is 11.3 Å². The second-order valence-electron chi connectivity index (χ2n) is 6.22. The number of halogens is 1. The Balaban J connectivity index is 1.72. The van der Waals surface area contributed by atoms with Crippen LogP contribution in [0.3, 0.4) is 0 Å². The first kappa shape index (κ1) is 16.3. The van der Waals surface area contributed by atoms with Crippen LogP contribution in [0.5, 0.6) is 0 Å². The summed E-state index contributed by atoms with van der Waals surface area (Å²) in [6.45, 7) is 2.00. The van der Waals surface area contributed by atoms with Crippen LogP contribution in [-0.4, -0.2) is 29.5 Å². The molecule has 128 valence electrons. The number of carbonyl (C=O) groups is 1. The van der Waals surface area contributed by atoms with Crippen LogP contribution in [0.1, 0.15) is 20.9 Å². The molecule has 0 aromatic carbocycles. The molecule has 1 atom stereocenters. The topological polar surface area (TPSA) is 85.3 Å². The van der Waals surface area contributed by atoms with E-state index in [1.54, 1.807) is 18.3 Å². The van der Waals surface area contributed by atoms with Crippen molar-refractivity contribution in [1.82, 2.24) is 9.97 Å². The summed E-state index contributed by atoms with van der Waals surface area (Å²) in [5.74, 6) is -0.295. The molecule has 1 aliphatic heterocycles. The molecule has 0 saturated carbocycles. The highest BCUT2D eigenvalue weighted by Crippen LogP contribution is 2.35. The number of nitrogen functional groups attached to an aromatic ring is 1. The monoisotopic (exact) mass is 374 g/mol. The van der Waals surface area contributed by atoms with Gasteiger partial charge in [-0.3, -0.25) is 4.79 Å². The Morgan fingerprint density at radius 1 is 1.48 bits per heavy atom. The van der Waals surface area contributed by atoms with E-state index in [2.05, 4.69) is 23.4 Å². The van der Waals surface area contributed by atoms with Gasteiger partial charge >= 0.3 is 0 Å². The zero-order valence-corrected chi connectivity index (χ0v) is 15.2. The molecule has 25 heavy (non-hydrogen) atoms. The fourth-order valence-corrected chi connectivity index (χ4v) is 4.22. The number of hydrogen-bond donors (Lipinski definition) is 3. The average Bonchev–Trinajstić information content (AvgIpc) is 2.91. The summed E-state index contributed by atoms with van der Waals surface area (Å²) >= 11 is 7.32. The quantitative estimate of drug-likeness (QED) is 0.596. The maximum Gasteiger partial charge on any atom is 0.268 e. The molecule has 3 aromatic heterocycles. The molecule has 0 saturated heterocycles. The van der Waals surface area contributed by atoms with Crippen LogP contribution in [0, 0.1) is 0 Å². The van der Waals surface area contributed by atoms with E-state index >= 15 is 0 Å². The number of amides is 1. The lowest BCUT2D eigenvalue weighted by molar-refractivity contribution is -0.895. The van der Waals surface area contributed by atoms with E-state index in [1.165, 1.54) is 21.8 Å². The van der Waals surface area contributed by atoms with Gasteiger partial charge in [0.1, 0.15) is 16.3 Å². The summed E-state index contributed by atoms with van der Waals surface area (Å²) in [7, 11) is 2.17. The largest absolute Gasteiger partial charge is 0.397 e. The van der Waals surface area contributed by atoms with Crippen molar-refractivity contribution in [1.29, 1.82) is 0 Å². The molecule has 1 aliphatic rings. The molecule has 1 amide bonds. The number of quaternary nitrogens is 1. The van der Waals surface area contributed by atoms with Crippen molar-refractivity contribution in [2.24, 2.45) is 0 Å². The van der Waals surface area contributed by atoms with E-state index in [-0.39, 0.29) is 11.1 Å². The molecule has 3 aromatic rings. The third-order valence-corrected chi connectivity index (χ3v) is 5.80. The molecule has 0 bridgehead atoms. The first-order valence-electron chi connectivity index (χ1n) is 7.97. The van der Waals surface area contributed by atoms with Crippen molar-refractivity contribution in [2.75, 3.05) is 24.6 Å². The molecule has 6 nitrogen and oxygen atoms in total. The predicted molar refractivity (Wildman–Crippen MR) is 100 cm³/mol. The van der Waals surface area contributed by atoms with Crippen molar-refractivity contribution < 1.29 is 9.69 Å². The smallest absolute Gasteiger partial charge is 0.268 e. The van der Waals surface area contributed by atoms with Gasteiger partial charge in [-0.1, -0.05) is 11.6 Å². The zero-order valence-electron chi connectivity index (χ0n) is 13.6. The molecule has 0 fully saturated rings. The first-order valence-corrected chi connectivity index (χ1v) is 9.16. The third kappa shape index (κ3) is 2.95. The Morgan fingerprint density at radius 3 is 3.12 bits per heavy atom. The third-order valence-electron chi connectivity index (χ3n) is 4.38. The number of fused-ring (bicyclic) bond motifs is 2. The molecular formula is C17H17ClN5OS+. The Kier molecular flexibility index (Phi) is 4.07. The maximum absolute atomic E-state index is 12.6. The zero-order chi connectivity index (χ0) is 17.6. The van der Waals surface area contributed by atoms with Crippen molar-refractivity contribution in [3.05, 3.63) is 45.7 Å². The lowest BCUT2D eigenvalue weighted by atomic mass is 10.0. The number of anilines is 2. The highest BCUT2D eigenvalue weighted by atomic mass is 35.5. The molecule has 4 rings (SSSR count).